The highest BCUT2D eigenvalue weighted by Crippen LogP contribution is 2.14. The average Bonchev–Trinajstić information content (AvgIpc) is 1.67. The van der Waals surface area contributed by atoms with Gasteiger partial charge in [-0.05, 0) is 6.92 Å². The van der Waals surface area contributed by atoms with Crippen molar-refractivity contribution in [1.29, 1.82) is 0 Å². The SMILES string of the molecule is CC[N+](Cl)(Cl)C(=O)[O-]. The zero-order valence-corrected chi connectivity index (χ0v) is 5.74. The van der Waals surface area contributed by atoms with Crippen LogP contribution in [0.1, 0.15) is 6.92 Å². The maximum Gasteiger partial charge on any atom is 0.295 e. The Morgan fingerprint density at radius 3 is 2.12 bits per heavy atom. The first kappa shape index (κ1) is 8.01. The van der Waals surface area contributed by atoms with Crippen LogP contribution in [0, 0.1) is 0 Å². The third-order valence-corrected chi connectivity index (χ3v) is 1.42. The average molecular weight is 158 g/mol. The second-order valence-corrected chi connectivity index (χ2v) is 2.54. The van der Waals surface area contributed by atoms with Crippen LogP contribution in [0.3, 0.4) is 0 Å². The molecule has 0 fully saturated rings. The van der Waals surface area contributed by atoms with Gasteiger partial charge in [-0.15, -0.1) is 0 Å². The zero-order chi connectivity index (χ0) is 6.78. The number of nitrogens with zero attached hydrogens (tertiary/aromatic N) is 1. The monoisotopic (exact) mass is 157 g/mol. The molecule has 0 bridgehead atoms. The molecule has 3 nitrogen and oxygen atoms in total. The number of rotatable bonds is 1. The lowest BCUT2D eigenvalue weighted by atomic mass is 10.8. The van der Waals surface area contributed by atoms with Crippen LogP contribution in [-0.4, -0.2) is 16.2 Å². The van der Waals surface area contributed by atoms with Crippen molar-refractivity contribution in [1.82, 2.24) is 0 Å². The Balaban J connectivity index is 3.91. The van der Waals surface area contributed by atoms with Crippen LogP contribution in [0.4, 0.5) is 4.79 Å². The minimum absolute atomic E-state index is 0.0887. The first-order valence-electron chi connectivity index (χ1n) is 1.99. The van der Waals surface area contributed by atoms with Crippen molar-refractivity contribution in [2.45, 2.75) is 6.92 Å². The molecule has 0 aromatic heterocycles. The van der Waals surface area contributed by atoms with Gasteiger partial charge in [0, 0.05) is 0 Å². The predicted octanol–water partition coefficient (Wildman–Crippen LogP) is 0.474. The molecule has 0 atom stereocenters. The third kappa shape index (κ3) is 1.86. The molecule has 5 heteroatoms. The van der Waals surface area contributed by atoms with Crippen molar-refractivity contribution < 1.29 is 13.4 Å². The lowest BCUT2D eigenvalue weighted by Crippen LogP contribution is -2.44. The maximum absolute atomic E-state index is 9.85. The predicted molar refractivity (Wildman–Crippen MR) is 27.9 cm³/mol. The Morgan fingerprint density at radius 2 is 2.12 bits per heavy atom. The normalized spacial score (nSPS) is 11.4. The molecule has 0 saturated heterocycles. The van der Waals surface area contributed by atoms with Crippen LogP contribution in [0.25, 0.3) is 0 Å². The molecule has 0 radical (unpaired) electrons. The zero-order valence-electron chi connectivity index (χ0n) is 4.23. The van der Waals surface area contributed by atoms with Gasteiger partial charge in [-0.25, -0.2) is 0 Å². The Bertz CT molecular complexity index is 103. The number of amides is 1. The fourth-order valence-corrected chi connectivity index (χ4v) is 0.129. The summed E-state index contributed by atoms with van der Waals surface area (Å²) in [6, 6.07) is 0. The summed E-state index contributed by atoms with van der Waals surface area (Å²) in [4.78, 5) is 9.85. The maximum atomic E-state index is 9.85. The van der Waals surface area contributed by atoms with E-state index in [0.29, 0.717) is 0 Å². The van der Waals surface area contributed by atoms with E-state index in [-0.39, 0.29) is 6.54 Å². The van der Waals surface area contributed by atoms with E-state index in [4.69, 9.17) is 23.6 Å². The molecule has 0 aliphatic rings. The van der Waals surface area contributed by atoms with Crippen molar-refractivity contribution in [2.24, 2.45) is 0 Å². The molecule has 0 spiro atoms. The van der Waals surface area contributed by atoms with Gasteiger partial charge in [-0.2, -0.15) is 0 Å². The number of hydrogen-bond acceptors (Lipinski definition) is 2. The molecule has 0 heterocycles. The van der Waals surface area contributed by atoms with E-state index in [1.165, 1.54) is 6.92 Å². The van der Waals surface area contributed by atoms with Crippen molar-refractivity contribution in [2.75, 3.05) is 6.54 Å². The summed E-state index contributed by atoms with van der Waals surface area (Å²) in [5.74, 6) is 0. The Morgan fingerprint density at radius 1 is 1.75 bits per heavy atom. The number of carbonyl (C=O) groups excluding carboxylic acids is 1. The summed E-state index contributed by atoms with van der Waals surface area (Å²) < 4.78 is -1.12. The van der Waals surface area contributed by atoms with Gasteiger partial charge in [0.1, 0.15) is 6.54 Å². The summed E-state index contributed by atoms with van der Waals surface area (Å²) in [5, 5.41) is 9.85. The first-order valence-corrected chi connectivity index (χ1v) is 2.67. The van der Waals surface area contributed by atoms with E-state index in [0.717, 1.165) is 0 Å². The van der Waals surface area contributed by atoms with E-state index < -0.39 is 9.61 Å². The van der Waals surface area contributed by atoms with Crippen molar-refractivity contribution in [3.63, 3.8) is 0 Å². The molecule has 0 rings (SSSR count). The highest BCUT2D eigenvalue weighted by Gasteiger charge is 2.23. The summed E-state index contributed by atoms with van der Waals surface area (Å²) in [5.41, 5.74) is 0. The van der Waals surface area contributed by atoms with Gasteiger partial charge >= 0.3 is 0 Å². The van der Waals surface area contributed by atoms with Gasteiger partial charge in [-0.3, -0.25) is 0 Å². The Hall–Kier alpha value is 0.01000. The number of hydrogen-bond donors (Lipinski definition) is 0. The highest BCUT2D eigenvalue weighted by atomic mass is 35.5. The van der Waals surface area contributed by atoms with Gasteiger partial charge in [0.25, 0.3) is 6.09 Å². The molecule has 8 heavy (non-hydrogen) atoms. The van der Waals surface area contributed by atoms with Crippen LogP contribution in [0.15, 0.2) is 0 Å². The topological polar surface area (TPSA) is 40.1 Å². The van der Waals surface area contributed by atoms with Crippen molar-refractivity contribution in [3.05, 3.63) is 0 Å². The van der Waals surface area contributed by atoms with Crippen LogP contribution < -0.4 is 5.11 Å². The standard InChI is InChI=1S/C3H5Cl2NO2/c1-2-6(4,5)3(7)8/h2H2,1H3. The Kier molecular flexibility index (Phi) is 2.53. The van der Waals surface area contributed by atoms with Crippen LogP contribution in [0.2, 0.25) is 0 Å². The molecular weight excluding hydrogens is 153 g/mol. The van der Waals surface area contributed by atoms with Crippen LogP contribution in [0.5, 0.6) is 0 Å². The van der Waals surface area contributed by atoms with Crippen LogP contribution >= 0.6 is 23.6 Å². The Labute approximate surface area is 57.2 Å². The summed E-state index contributed by atoms with van der Waals surface area (Å²) in [7, 11) is 0. The molecule has 0 N–H and O–H groups in total. The lowest BCUT2D eigenvalue weighted by Gasteiger charge is -2.14. The first-order chi connectivity index (χ1) is 3.50. The molecule has 0 aliphatic heterocycles. The number of carbonyl (C=O) groups is 1. The quantitative estimate of drug-likeness (QED) is 0.520. The van der Waals surface area contributed by atoms with Crippen LogP contribution in [-0.2, 0) is 0 Å². The summed E-state index contributed by atoms with van der Waals surface area (Å²) in [6.07, 6.45) is -1.50. The fourth-order valence-electron chi connectivity index (χ4n) is 0.129. The second-order valence-electron chi connectivity index (χ2n) is 1.21. The molecule has 0 unspecified atom stereocenters. The molecule has 1 amide bonds. The third-order valence-electron chi connectivity index (χ3n) is 0.664. The number of carboxylic acid groups (broad SMARTS) is 1. The molecular formula is C3H5Cl2NO2. The van der Waals surface area contributed by atoms with E-state index in [1.54, 1.807) is 0 Å². The minimum atomic E-state index is -1.50. The van der Waals surface area contributed by atoms with Gasteiger partial charge in [0.2, 0.25) is 0 Å². The van der Waals surface area contributed by atoms with Crippen molar-refractivity contribution in [3.8, 4) is 0 Å². The second kappa shape index (κ2) is 2.53. The number of halogens is 2. The smallest absolute Gasteiger partial charge is 0.295 e. The van der Waals surface area contributed by atoms with Gasteiger partial charge < -0.3 is 9.90 Å². The highest BCUT2D eigenvalue weighted by molar-refractivity contribution is 6.28. The molecule has 0 aromatic rings. The molecule has 48 valence electrons. The molecule has 0 saturated carbocycles. The van der Waals surface area contributed by atoms with Crippen molar-refractivity contribution >= 4 is 29.6 Å². The van der Waals surface area contributed by atoms with Gasteiger partial charge in [-0.1, -0.05) is 3.52 Å². The van der Waals surface area contributed by atoms with E-state index in [2.05, 4.69) is 0 Å². The van der Waals surface area contributed by atoms with E-state index >= 15 is 0 Å². The lowest BCUT2D eigenvalue weighted by molar-refractivity contribution is -0.646. The molecule has 0 aliphatic carbocycles. The molecule has 0 aromatic carbocycles. The van der Waals surface area contributed by atoms with Gasteiger partial charge in [0.15, 0.2) is 23.6 Å². The van der Waals surface area contributed by atoms with E-state index in [9.17, 15) is 9.90 Å². The minimum Gasteiger partial charge on any atom is -0.496 e. The summed E-state index contributed by atoms with van der Waals surface area (Å²) >= 11 is 10.2. The van der Waals surface area contributed by atoms with Gasteiger partial charge in [0.05, 0.1) is 0 Å². The fraction of sp³-hybridized carbons (Fsp3) is 0.667. The largest absolute Gasteiger partial charge is 0.496 e. The summed E-state index contributed by atoms with van der Waals surface area (Å²) in [6.45, 7) is 1.63. The number of quaternary nitrogens is 1. The van der Waals surface area contributed by atoms with E-state index in [1.807, 2.05) is 0 Å².